The molecule has 58 valence electrons. The number of hydrogen-bond donors (Lipinski definition) is 1. The first-order valence-corrected chi connectivity index (χ1v) is 3.63. The first kappa shape index (κ1) is 7.82. The van der Waals surface area contributed by atoms with Crippen LogP contribution in [0, 0.1) is 0 Å². The molecule has 0 unspecified atom stereocenters. The molecule has 1 N–H and O–H groups in total. The topological polar surface area (TPSA) is 38.3 Å². The third kappa shape index (κ3) is 1.61. The molecule has 0 aliphatic carbocycles. The van der Waals surface area contributed by atoms with E-state index in [1.807, 2.05) is 0 Å². The average Bonchev–Trinajstić information content (AvgIpc) is 2.34. The number of alkyl halides is 1. The van der Waals surface area contributed by atoms with E-state index in [1.54, 1.807) is 0 Å². The zero-order valence-corrected chi connectivity index (χ0v) is 6.52. The van der Waals surface area contributed by atoms with Crippen molar-refractivity contribution in [3.05, 3.63) is 0 Å². The number of carbonyl (C=O) groups is 1. The largest absolute Gasteiger partial charge is 0.468 e. The van der Waals surface area contributed by atoms with Gasteiger partial charge in [0.05, 0.1) is 7.11 Å². The minimum atomic E-state index is -0.219. The molecular weight excluding hydrogens is 154 g/mol. The van der Waals surface area contributed by atoms with Gasteiger partial charge in [0.1, 0.15) is 6.04 Å². The van der Waals surface area contributed by atoms with Crippen molar-refractivity contribution in [1.29, 1.82) is 0 Å². The van der Waals surface area contributed by atoms with Gasteiger partial charge in [-0.05, 0) is 6.42 Å². The Labute approximate surface area is 64.7 Å². The van der Waals surface area contributed by atoms with Crippen LogP contribution in [0.15, 0.2) is 0 Å². The summed E-state index contributed by atoms with van der Waals surface area (Å²) in [7, 11) is 1.38. The lowest BCUT2D eigenvalue weighted by molar-refractivity contribution is -0.142. The van der Waals surface area contributed by atoms with Gasteiger partial charge in [0, 0.05) is 11.9 Å². The molecule has 0 amide bonds. The van der Waals surface area contributed by atoms with E-state index in [9.17, 15) is 4.79 Å². The summed E-state index contributed by atoms with van der Waals surface area (Å²) in [5, 5.41) is 3.02. The van der Waals surface area contributed by atoms with Gasteiger partial charge in [-0.15, -0.1) is 11.6 Å². The average molecular weight is 164 g/mol. The Balaban J connectivity index is 2.37. The lowest BCUT2D eigenvalue weighted by Crippen LogP contribution is -2.31. The number of rotatable bonds is 1. The third-order valence-electron chi connectivity index (χ3n) is 1.56. The molecule has 0 aromatic carbocycles. The monoisotopic (exact) mass is 163 g/mol. The number of ether oxygens (including phenoxy) is 1. The molecule has 0 radical (unpaired) electrons. The summed E-state index contributed by atoms with van der Waals surface area (Å²) in [5.74, 6) is -0.219. The maximum Gasteiger partial charge on any atom is 0.322 e. The lowest BCUT2D eigenvalue weighted by Gasteiger charge is -2.05. The number of esters is 1. The van der Waals surface area contributed by atoms with Crippen LogP contribution in [-0.4, -0.2) is 31.0 Å². The van der Waals surface area contributed by atoms with Crippen LogP contribution in [0.3, 0.4) is 0 Å². The maximum atomic E-state index is 10.8. The molecule has 0 saturated carbocycles. The summed E-state index contributed by atoms with van der Waals surface area (Å²) in [6.45, 7) is 0.696. The van der Waals surface area contributed by atoms with E-state index in [2.05, 4.69) is 10.1 Å². The first-order valence-electron chi connectivity index (χ1n) is 3.19. The summed E-state index contributed by atoms with van der Waals surface area (Å²) >= 11 is 5.74. The van der Waals surface area contributed by atoms with Gasteiger partial charge in [-0.2, -0.15) is 0 Å². The van der Waals surface area contributed by atoms with Gasteiger partial charge in [-0.3, -0.25) is 4.79 Å². The van der Waals surface area contributed by atoms with Gasteiger partial charge in [0.25, 0.3) is 0 Å². The summed E-state index contributed by atoms with van der Waals surface area (Å²) < 4.78 is 4.52. The van der Waals surface area contributed by atoms with Crippen LogP contribution in [0.4, 0.5) is 0 Å². The van der Waals surface area contributed by atoms with Crippen LogP contribution in [0.1, 0.15) is 6.42 Å². The molecule has 1 fully saturated rings. The SMILES string of the molecule is COC(=O)[C@@H]1C[C@H](Cl)CN1. The van der Waals surface area contributed by atoms with Crippen LogP contribution in [-0.2, 0) is 9.53 Å². The first-order chi connectivity index (χ1) is 4.74. The zero-order valence-electron chi connectivity index (χ0n) is 5.76. The molecule has 1 saturated heterocycles. The molecule has 1 aliphatic heterocycles. The number of halogens is 1. The van der Waals surface area contributed by atoms with E-state index >= 15 is 0 Å². The van der Waals surface area contributed by atoms with Gasteiger partial charge in [0.2, 0.25) is 0 Å². The second kappa shape index (κ2) is 3.21. The Morgan fingerprint density at radius 3 is 2.90 bits per heavy atom. The van der Waals surface area contributed by atoms with Crippen molar-refractivity contribution in [3.63, 3.8) is 0 Å². The van der Waals surface area contributed by atoms with Gasteiger partial charge < -0.3 is 10.1 Å². The minimum absolute atomic E-state index is 0.0732. The highest BCUT2D eigenvalue weighted by atomic mass is 35.5. The van der Waals surface area contributed by atoms with Crippen molar-refractivity contribution in [1.82, 2.24) is 5.32 Å². The van der Waals surface area contributed by atoms with Crippen LogP contribution >= 0.6 is 11.6 Å². The second-order valence-electron chi connectivity index (χ2n) is 2.32. The summed E-state index contributed by atoms with van der Waals surface area (Å²) in [4.78, 5) is 10.8. The smallest absolute Gasteiger partial charge is 0.322 e. The van der Waals surface area contributed by atoms with Gasteiger partial charge in [-0.25, -0.2) is 0 Å². The Bertz CT molecular complexity index is 140. The van der Waals surface area contributed by atoms with Crippen molar-refractivity contribution in [2.45, 2.75) is 17.8 Å². The highest BCUT2D eigenvalue weighted by Crippen LogP contribution is 2.12. The highest BCUT2D eigenvalue weighted by Gasteiger charge is 2.28. The number of hydrogen-bond acceptors (Lipinski definition) is 3. The Kier molecular flexibility index (Phi) is 2.51. The fourth-order valence-corrected chi connectivity index (χ4v) is 1.28. The second-order valence-corrected chi connectivity index (χ2v) is 2.93. The van der Waals surface area contributed by atoms with Crippen LogP contribution in [0.25, 0.3) is 0 Å². The quantitative estimate of drug-likeness (QED) is 0.441. The predicted octanol–water partition coefficient (Wildman–Crippen LogP) is 0.129. The van der Waals surface area contributed by atoms with Crippen LogP contribution in [0.5, 0.6) is 0 Å². The van der Waals surface area contributed by atoms with Crippen molar-refractivity contribution in [2.24, 2.45) is 0 Å². The normalized spacial score (nSPS) is 32.2. The van der Waals surface area contributed by atoms with Crippen molar-refractivity contribution >= 4 is 17.6 Å². The fraction of sp³-hybridized carbons (Fsp3) is 0.833. The molecule has 0 aromatic heterocycles. The predicted molar refractivity (Wildman–Crippen MR) is 38.1 cm³/mol. The molecule has 1 heterocycles. The highest BCUT2D eigenvalue weighted by molar-refractivity contribution is 6.21. The Hall–Kier alpha value is -0.280. The molecule has 0 spiro atoms. The van der Waals surface area contributed by atoms with E-state index in [-0.39, 0.29) is 17.4 Å². The van der Waals surface area contributed by atoms with E-state index < -0.39 is 0 Å². The van der Waals surface area contributed by atoms with E-state index in [0.717, 1.165) is 0 Å². The van der Waals surface area contributed by atoms with E-state index in [1.165, 1.54) is 7.11 Å². The zero-order chi connectivity index (χ0) is 7.56. The fourth-order valence-electron chi connectivity index (χ4n) is 1.01. The van der Waals surface area contributed by atoms with Crippen molar-refractivity contribution in [3.8, 4) is 0 Å². The van der Waals surface area contributed by atoms with Gasteiger partial charge >= 0.3 is 5.97 Å². The summed E-state index contributed by atoms with van der Waals surface area (Å²) in [6, 6.07) is -0.188. The molecular formula is C6H10ClNO2. The Morgan fingerprint density at radius 2 is 2.50 bits per heavy atom. The minimum Gasteiger partial charge on any atom is -0.468 e. The molecule has 1 aliphatic rings. The van der Waals surface area contributed by atoms with Crippen molar-refractivity contribution < 1.29 is 9.53 Å². The molecule has 0 bridgehead atoms. The Morgan fingerprint density at radius 1 is 1.80 bits per heavy atom. The van der Waals surface area contributed by atoms with E-state index in [4.69, 9.17) is 11.6 Å². The lowest BCUT2D eigenvalue weighted by atomic mass is 10.2. The van der Waals surface area contributed by atoms with Crippen molar-refractivity contribution in [2.75, 3.05) is 13.7 Å². The van der Waals surface area contributed by atoms with Crippen LogP contribution < -0.4 is 5.32 Å². The molecule has 0 aromatic rings. The van der Waals surface area contributed by atoms with Crippen LogP contribution in [0.2, 0.25) is 0 Å². The molecule has 4 heteroatoms. The third-order valence-corrected chi connectivity index (χ3v) is 1.90. The van der Waals surface area contributed by atoms with Gasteiger partial charge in [-0.1, -0.05) is 0 Å². The number of nitrogens with one attached hydrogen (secondary N) is 1. The number of carbonyl (C=O) groups excluding carboxylic acids is 1. The maximum absolute atomic E-state index is 10.8. The molecule has 3 nitrogen and oxygen atoms in total. The number of methoxy groups -OCH3 is 1. The molecule has 1 rings (SSSR count). The summed E-state index contributed by atoms with van der Waals surface area (Å²) in [5.41, 5.74) is 0. The van der Waals surface area contributed by atoms with E-state index in [0.29, 0.717) is 13.0 Å². The molecule has 2 atom stereocenters. The summed E-state index contributed by atoms with van der Waals surface area (Å²) in [6.07, 6.45) is 0.675. The molecule has 10 heavy (non-hydrogen) atoms. The van der Waals surface area contributed by atoms with Gasteiger partial charge in [0.15, 0.2) is 0 Å². The standard InChI is InChI=1S/C6H10ClNO2/c1-10-6(9)5-2-4(7)3-8-5/h4-5,8H,2-3H2,1H3/t4-,5-/m0/s1.